The minimum Gasteiger partial charge on any atom is -0.452 e. The largest absolute Gasteiger partial charge is 0.511 e. The van der Waals surface area contributed by atoms with Crippen LogP contribution in [0.1, 0.15) is 64.1 Å². The highest BCUT2D eigenvalue weighted by atomic mass is 16.8. The number of hydrogen-bond donors (Lipinski definition) is 0. The van der Waals surface area contributed by atoms with Gasteiger partial charge in [0, 0.05) is 31.2 Å². The molecule has 3 unspecified atom stereocenters. The van der Waals surface area contributed by atoms with Crippen LogP contribution < -0.4 is 0 Å². The molecule has 0 amide bonds. The summed E-state index contributed by atoms with van der Waals surface area (Å²) in [6.07, 6.45) is 1.92. The summed E-state index contributed by atoms with van der Waals surface area (Å²) in [5.74, 6) is 0.615. The molecule has 2 aromatic rings. The Bertz CT molecular complexity index is 1100. The predicted octanol–water partition coefficient (Wildman–Crippen LogP) is 6.17. The SMILES string of the molecule is C=CC(C)COC(=O)OC(C)O/C(=C(\c1ccc(C(C)(C)C)cc1)C1C=N1)c1cc(C)nn1CC. The average Bonchev–Trinajstić information content (AvgIpc) is 3.57. The van der Waals surface area contributed by atoms with E-state index in [-0.39, 0.29) is 24.0 Å². The van der Waals surface area contributed by atoms with E-state index in [1.807, 2.05) is 37.7 Å². The van der Waals surface area contributed by atoms with E-state index in [4.69, 9.17) is 14.2 Å². The Balaban J connectivity index is 1.98. The van der Waals surface area contributed by atoms with Gasteiger partial charge in [-0.25, -0.2) is 4.79 Å². The third-order valence-corrected chi connectivity index (χ3v) is 5.75. The van der Waals surface area contributed by atoms with Gasteiger partial charge in [-0.15, -0.1) is 6.58 Å². The molecular weight excluding hydrogens is 442 g/mol. The van der Waals surface area contributed by atoms with Gasteiger partial charge in [-0.1, -0.05) is 58.0 Å². The summed E-state index contributed by atoms with van der Waals surface area (Å²) in [5.41, 5.74) is 4.85. The molecule has 0 saturated carbocycles. The Labute approximate surface area is 208 Å². The van der Waals surface area contributed by atoms with Crippen molar-refractivity contribution in [3.8, 4) is 0 Å². The van der Waals surface area contributed by atoms with Gasteiger partial charge in [-0.2, -0.15) is 5.10 Å². The first-order valence-corrected chi connectivity index (χ1v) is 12.1. The second kappa shape index (κ2) is 10.9. The van der Waals surface area contributed by atoms with E-state index in [0.29, 0.717) is 12.3 Å². The Morgan fingerprint density at radius 2 is 1.86 bits per heavy atom. The van der Waals surface area contributed by atoms with Crippen molar-refractivity contribution in [1.29, 1.82) is 0 Å². The maximum atomic E-state index is 12.2. The summed E-state index contributed by atoms with van der Waals surface area (Å²) >= 11 is 0. The van der Waals surface area contributed by atoms with E-state index < -0.39 is 12.4 Å². The lowest BCUT2D eigenvalue weighted by molar-refractivity contribution is -0.0686. The Morgan fingerprint density at radius 1 is 1.20 bits per heavy atom. The number of aryl methyl sites for hydroxylation is 2. The second-order valence-electron chi connectivity index (χ2n) is 9.88. The molecule has 0 fully saturated rings. The third kappa shape index (κ3) is 6.84. The first-order valence-electron chi connectivity index (χ1n) is 12.1. The number of hydrogen-bond acceptors (Lipinski definition) is 6. The highest BCUT2D eigenvalue weighted by molar-refractivity contribution is 6.03. The van der Waals surface area contributed by atoms with Crippen molar-refractivity contribution in [1.82, 2.24) is 9.78 Å². The van der Waals surface area contributed by atoms with Crippen molar-refractivity contribution in [2.24, 2.45) is 10.9 Å². The van der Waals surface area contributed by atoms with Crippen LogP contribution in [0.3, 0.4) is 0 Å². The van der Waals surface area contributed by atoms with Crippen molar-refractivity contribution >= 4 is 23.7 Å². The highest BCUT2D eigenvalue weighted by Gasteiger charge is 2.30. The summed E-state index contributed by atoms with van der Waals surface area (Å²) < 4.78 is 18.8. The third-order valence-electron chi connectivity index (χ3n) is 5.75. The molecule has 7 nitrogen and oxygen atoms in total. The summed E-state index contributed by atoms with van der Waals surface area (Å²) in [6, 6.07) is 10.3. The predicted molar refractivity (Wildman–Crippen MR) is 139 cm³/mol. The fourth-order valence-electron chi connectivity index (χ4n) is 3.64. The lowest BCUT2D eigenvalue weighted by Crippen LogP contribution is -2.21. The lowest BCUT2D eigenvalue weighted by atomic mass is 9.86. The van der Waals surface area contributed by atoms with Crippen LogP contribution in [-0.2, 0) is 26.2 Å². The lowest BCUT2D eigenvalue weighted by Gasteiger charge is -2.22. The maximum Gasteiger partial charge on any atom is 0.511 e. The van der Waals surface area contributed by atoms with Gasteiger partial charge < -0.3 is 14.2 Å². The number of aliphatic imine (C=N–C) groups is 1. The Morgan fingerprint density at radius 3 is 2.40 bits per heavy atom. The molecule has 2 heterocycles. The van der Waals surface area contributed by atoms with Gasteiger partial charge in [0.2, 0.25) is 6.29 Å². The van der Waals surface area contributed by atoms with Crippen molar-refractivity contribution in [2.75, 3.05) is 6.61 Å². The number of aromatic nitrogens is 2. The quantitative estimate of drug-likeness (QED) is 0.176. The fourth-order valence-corrected chi connectivity index (χ4v) is 3.64. The zero-order chi connectivity index (χ0) is 25.8. The van der Waals surface area contributed by atoms with Gasteiger partial charge in [-0.3, -0.25) is 9.67 Å². The van der Waals surface area contributed by atoms with Crippen molar-refractivity contribution in [3.05, 3.63) is 65.5 Å². The van der Waals surface area contributed by atoms with Crippen LogP contribution in [0.5, 0.6) is 0 Å². The van der Waals surface area contributed by atoms with Gasteiger partial charge in [0.1, 0.15) is 18.3 Å². The molecule has 1 aromatic heterocycles. The summed E-state index contributed by atoms with van der Waals surface area (Å²) in [6.45, 7) is 18.7. The molecule has 1 aromatic carbocycles. The number of carbonyl (C=O) groups excluding carboxylic acids is 1. The summed E-state index contributed by atoms with van der Waals surface area (Å²) in [4.78, 5) is 16.7. The molecule has 0 spiro atoms. The number of benzene rings is 1. The van der Waals surface area contributed by atoms with E-state index in [9.17, 15) is 4.79 Å². The van der Waals surface area contributed by atoms with Gasteiger partial charge in [0.05, 0.1) is 5.69 Å². The fraction of sp³-hybridized carbons (Fsp3) is 0.464. The molecule has 0 bridgehead atoms. The number of rotatable bonds is 10. The van der Waals surface area contributed by atoms with Gasteiger partial charge in [0.25, 0.3) is 0 Å². The molecule has 35 heavy (non-hydrogen) atoms. The van der Waals surface area contributed by atoms with E-state index >= 15 is 0 Å². The minimum atomic E-state index is -0.889. The van der Waals surface area contributed by atoms with Crippen LogP contribution in [0.4, 0.5) is 4.79 Å². The van der Waals surface area contributed by atoms with E-state index in [2.05, 4.69) is 61.7 Å². The summed E-state index contributed by atoms with van der Waals surface area (Å²) in [7, 11) is 0. The van der Waals surface area contributed by atoms with Crippen LogP contribution in [-0.4, -0.2) is 41.1 Å². The smallest absolute Gasteiger partial charge is 0.452 e. The number of ether oxygens (including phenoxy) is 3. The van der Waals surface area contributed by atoms with E-state index in [0.717, 1.165) is 22.5 Å². The standard InChI is InChI=1S/C28H37N3O4/c1-9-18(3)17-33-27(32)35-20(5)34-26(24-15-19(4)30-31(24)10-2)25(23-16-29-23)21-11-13-22(14-12-21)28(6,7)8/h9,11-16,18,20,23H,1,10,17H2,2-8H3/b26-25+. The zero-order valence-corrected chi connectivity index (χ0v) is 21.9. The van der Waals surface area contributed by atoms with E-state index in [1.165, 1.54) is 5.56 Å². The first kappa shape index (κ1) is 26.3. The van der Waals surface area contributed by atoms with Crippen LogP contribution in [0.25, 0.3) is 11.3 Å². The first-order chi connectivity index (χ1) is 16.5. The van der Waals surface area contributed by atoms with Crippen LogP contribution in [0, 0.1) is 12.8 Å². The molecule has 0 N–H and O–H groups in total. The minimum absolute atomic E-state index is 0.0331. The maximum absolute atomic E-state index is 12.2. The monoisotopic (exact) mass is 479 g/mol. The zero-order valence-electron chi connectivity index (χ0n) is 21.9. The number of carbonyl (C=O) groups is 1. The molecule has 7 heteroatoms. The van der Waals surface area contributed by atoms with Crippen LogP contribution >= 0.6 is 0 Å². The molecular formula is C28H37N3O4. The molecule has 3 atom stereocenters. The Hall–Kier alpha value is -3.35. The van der Waals surface area contributed by atoms with Crippen molar-refractivity contribution in [3.63, 3.8) is 0 Å². The van der Waals surface area contributed by atoms with Gasteiger partial charge in [0.15, 0.2) is 5.76 Å². The highest BCUT2D eigenvalue weighted by Crippen LogP contribution is 2.36. The molecule has 1 aliphatic heterocycles. The molecule has 1 aliphatic rings. The van der Waals surface area contributed by atoms with Crippen LogP contribution in [0.2, 0.25) is 0 Å². The Kier molecular flexibility index (Phi) is 8.20. The molecule has 0 saturated heterocycles. The molecule has 188 valence electrons. The van der Waals surface area contributed by atoms with Crippen molar-refractivity contribution in [2.45, 2.75) is 72.8 Å². The topological polar surface area (TPSA) is 74.9 Å². The number of nitrogens with zero attached hydrogens (tertiary/aromatic N) is 3. The summed E-state index contributed by atoms with van der Waals surface area (Å²) in [5, 5.41) is 4.60. The molecule has 0 radical (unpaired) electrons. The molecule has 3 rings (SSSR count). The second-order valence-corrected chi connectivity index (χ2v) is 9.88. The normalized spacial score (nSPS) is 17.3. The van der Waals surface area contributed by atoms with Crippen molar-refractivity contribution < 1.29 is 19.0 Å². The average molecular weight is 480 g/mol. The van der Waals surface area contributed by atoms with E-state index in [1.54, 1.807) is 13.0 Å². The van der Waals surface area contributed by atoms with Crippen LogP contribution in [0.15, 0.2) is 48.0 Å². The van der Waals surface area contributed by atoms with Gasteiger partial charge in [-0.05, 0) is 36.5 Å². The molecule has 0 aliphatic carbocycles. The van der Waals surface area contributed by atoms with Gasteiger partial charge >= 0.3 is 6.16 Å².